The molecule has 0 spiro atoms. The monoisotopic (exact) mass is 385 g/mol. The van der Waals surface area contributed by atoms with E-state index in [1.807, 2.05) is 0 Å². The van der Waals surface area contributed by atoms with Gasteiger partial charge in [-0.3, -0.25) is 10.1 Å². The van der Waals surface area contributed by atoms with Crippen molar-refractivity contribution in [3.63, 3.8) is 0 Å². The molecule has 0 N–H and O–H groups in total. The first-order valence-electron chi connectivity index (χ1n) is 6.49. The molecule has 3 heterocycles. The fraction of sp³-hybridized carbons (Fsp3) is 0.167. The molecule has 12 heteroatoms. The molecule has 0 saturated heterocycles. The Morgan fingerprint density at radius 1 is 1.33 bits per heavy atom. The van der Waals surface area contributed by atoms with E-state index in [4.69, 9.17) is 23.2 Å². The van der Waals surface area contributed by atoms with Gasteiger partial charge in [-0.2, -0.15) is 0 Å². The highest BCUT2D eigenvalue weighted by Gasteiger charge is 2.19. The van der Waals surface area contributed by atoms with Crippen LogP contribution >= 0.6 is 35.0 Å². The maximum Gasteiger partial charge on any atom is 0.301 e. The van der Waals surface area contributed by atoms with Crippen LogP contribution in [-0.4, -0.2) is 34.2 Å². The summed E-state index contributed by atoms with van der Waals surface area (Å²) in [5, 5.41) is 20.4. The average Bonchev–Trinajstić information content (AvgIpc) is 3.06. The molecule has 124 valence electrons. The van der Waals surface area contributed by atoms with Crippen LogP contribution in [0.5, 0.6) is 0 Å². The molecule has 0 aliphatic heterocycles. The molecule has 0 radical (unpaired) electrons. The van der Waals surface area contributed by atoms with Crippen LogP contribution in [0.3, 0.4) is 0 Å². The molecular formula is C12H9Cl2N7O2S. The molecule has 0 aliphatic rings. The van der Waals surface area contributed by atoms with E-state index >= 15 is 0 Å². The second kappa shape index (κ2) is 6.75. The summed E-state index contributed by atoms with van der Waals surface area (Å²) in [6.07, 6.45) is 2.98. The minimum Gasteiger partial charge on any atom is -0.313 e. The van der Waals surface area contributed by atoms with Gasteiger partial charge >= 0.3 is 5.69 Å². The van der Waals surface area contributed by atoms with Gasteiger partial charge in [-0.15, -0.1) is 10.2 Å². The van der Waals surface area contributed by atoms with Crippen LogP contribution in [0.25, 0.3) is 0 Å². The second-order valence-corrected chi connectivity index (χ2v) is 6.27. The third-order valence-electron chi connectivity index (χ3n) is 3.11. The van der Waals surface area contributed by atoms with Crippen molar-refractivity contribution >= 4 is 40.7 Å². The Labute approximate surface area is 149 Å². The lowest BCUT2D eigenvalue weighted by molar-refractivity contribution is -0.388. The minimum atomic E-state index is -0.486. The Morgan fingerprint density at radius 2 is 2.12 bits per heavy atom. The van der Waals surface area contributed by atoms with Crippen molar-refractivity contribution < 1.29 is 4.92 Å². The number of nitrogens with zero attached hydrogens (tertiary/aromatic N) is 7. The third kappa shape index (κ3) is 3.21. The van der Waals surface area contributed by atoms with E-state index in [1.54, 1.807) is 16.2 Å². The molecule has 9 nitrogen and oxygen atoms in total. The highest BCUT2D eigenvalue weighted by atomic mass is 35.5. The minimum absolute atomic E-state index is 0.0866. The summed E-state index contributed by atoms with van der Waals surface area (Å²) in [6.45, 7) is 0.312. The van der Waals surface area contributed by atoms with Crippen molar-refractivity contribution in [2.75, 3.05) is 0 Å². The molecule has 0 atom stereocenters. The quantitative estimate of drug-likeness (QED) is 0.490. The maximum absolute atomic E-state index is 11.1. The fourth-order valence-corrected chi connectivity index (χ4v) is 3.03. The van der Waals surface area contributed by atoms with Gasteiger partial charge < -0.3 is 9.13 Å². The van der Waals surface area contributed by atoms with Crippen LogP contribution in [0.1, 0.15) is 5.82 Å². The molecule has 0 aromatic carbocycles. The average molecular weight is 386 g/mol. The molecule has 0 fully saturated rings. The SMILES string of the molecule is Cn1c(Cn2cnc(Cl)c2Cl)nnc1Sc1ncccc1[N+](=O)[O-]. The Hall–Kier alpha value is -2.17. The predicted octanol–water partition coefficient (Wildman–Crippen LogP) is 2.82. The van der Waals surface area contributed by atoms with Gasteiger partial charge in [0.05, 0.1) is 17.8 Å². The highest BCUT2D eigenvalue weighted by molar-refractivity contribution is 7.99. The summed E-state index contributed by atoms with van der Waals surface area (Å²) in [4.78, 5) is 18.5. The lowest BCUT2D eigenvalue weighted by atomic mass is 10.4. The lowest BCUT2D eigenvalue weighted by Gasteiger charge is -2.05. The number of hydrogen-bond donors (Lipinski definition) is 0. The van der Waals surface area contributed by atoms with Crippen LogP contribution in [0.2, 0.25) is 10.3 Å². The Kier molecular flexibility index (Phi) is 4.69. The molecular weight excluding hydrogens is 377 g/mol. The van der Waals surface area contributed by atoms with E-state index in [2.05, 4.69) is 20.2 Å². The zero-order chi connectivity index (χ0) is 17.3. The molecule has 0 unspecified atom stereocenters. The van der Waals surface area contributed by atoms with Crippen molar-refractivity contribution in [2.45, 2.75) is 16.7 Å². The van der Waals surface area contributed by atoms with E-state index in [9.17, 15) is 10.1 Å². The third-order valence-corrected chi connectivity index (χ3v) is 4.92. The summed E-state index contributed by atoms with van der Waals surface area (Å²) < 4.78 is 3.32. The van der Waals surface area contributed by atoms with Crippen LogP contribution in [0.15, 0.2) is 34.8 Å². The summed E-state index contributed by atoms with van der Waals surface area (Å²) in [6, 6.07) is 2.90. The topological polar surface area (TPSA) is 105 Å². The predicted molar refractivity (Wildman–Crippen MR) is 87.4 cm³/mol. The number of aromatic nitrogens is 6. The van der Waals surface area contributed by atoms with Crippen LogP contribution in [0.4, 0.5) is 5.69 Å². The number of rotatable bonds is 5. The second-order valence-electron chi connectivity index (χ2n) is 4.60. The van der Waals surface area contributed by atoms with E-state index < -0.39 is 4.92 Å². The number of nitro groups is 1. The van der Waals surface area contributed by atoms with Gasteiger partial charge in [-0.1, -0.05) is 23.2 Å². The van der Waals surface area contributed by atoms with Crippen molar-refractivity contribution in [2.24, 2.45) is 7.05 Å². The van der Waals surface area contributed by atoms with Gasteiger partial charge in [0.2, 0.25) is 0 Å². The van der Waals surface area contributed by atoms with E-state index in [0.717, 1.165) is 11.8 Å². The van der Waals surface area contributed by atoms with Gasteiger partial charge in [-0.25, -0.2) is 9.97 Å². The first kappa shape index (κ1) is 16.7. The first-order chi connectivity index (χ1) is 11.5. The highest BCUT2D eigenvalue weighted by Crippen LogP contribution is 2.31. The molecule has 3 aromatic heterocycles. The molecule has 3 aromatic rings. The number of imidazole rings is 1. The largest absolute Gasteiger partial charge is 0.313 e. The lowest BCUT2D eigenvalue weighted by Crippen LogP contribution is -2.06. The summed E-state index contributed by atoms with van der Waals surface area (Å²) in [5.41, 5.74) is -0.0866. The Morgan fingerprint density at radius 3 is 2.79 bits per heavy atom. The van der Waals surface area contributed by atoms with Crippen LogP contribution in [-0.2, 0) is 13.6 Å². The Balaban J connectivity index is 1.86. The van der Waals surface area contributed by atoms with Gasteiger partial charge in [0.25, 0.3) is 0 Å². The van der Waals surface area contributed by atoms with Crippen molar-refractivity contribution in [1.29, 1.82) is 0 Å². The standard InChI is InChI=1S/C12H9Cl2N7O2S/c1-19-8(5-20-6-16-9(13)10(20)14)17-18-12(19)24-11-7(21(22)23)3-2-4-15-11/h2-4,6H,5H2,1H3. The fourth-order valence-electron chi connectivity index (χ4n) is 1.86. The molecule has 0 bridgehead atoms. The van der Waals surface area contributed by atoms with Crippen molar-refractivity contribution in [3.8, 4) is 0 Å². The van der Waals surface area contributed by atoms with Gasteiger partial charge in [0.15, 0.2) is 21.2 Å². The zero-order valence-electron chi connectivity index (χ0n) is 12.1. The van der Waals surface area contributed by atoms with Gasteiger partial charge in [-0.05, 0) is 17.8 Å². The zero-order valence-corrected chi connectivity index (χ0v) is 14.5. The van der Waals surface area contributed by atoms with E-state index in [0.29, 0.717) is 22.7 Å². The number of halogens is 2. The molecule has 0 amide bonds. The summed E-state index contributed by atoms with van der Waals surface area (Å²) in [5.74, 6) is 0.590. The summed E-state index contributed by atoms with van der Waals surface area (Å²) in [7, 11) is 1.75. The van der Waals surface area contributed by atoms with Gasteiger partial charge in [0, 0.05) is 19.3 Å². The van der Waals surface area contributed by atoms with Crippen LogP contribution in [0, 0.1) is 10.1 Å². The van der Waals surface area contributed by atoms with E-state index in [-0.39, 0.29) is 15.9 Å². The van der Waals surface area contributed by atoms with Crippen LogP contribution < -0.4 is 0 Å². The van der Waals surface area contributed by atoms with Crippen molar-refractivity contribution in [1.82, 2.24) is 29.3 Å². The normalized spacial score (nSPS) is 11.0. The van der Waals surface area contributed by atoms with E-state index in [1.165, 1.54) is 24.7 Å². The molecule has 0 saturated carbocycles. The van der Waals surface area contributed by atoms with Gasteiger partial charge in [0.1, 0.15) is 5.15 Å². The smallest absolute Gasteiger partial charge is 0.301 e. The number of pyridine rings is 1. The Bertz CT molecular complexity index is 911. The number of hydrogen-bond acceptors (Lipinski definition) is 7. The molecule has 3 rings (SSSR count). The first-order valence-corrected chi connectivity index (χ1v) is 8.06. The summed E-state index contributed by atoms with van der Waals surface area (Å²) >= 11 is 12.9. The molecule has 24 heavy (non-hydrogen) atoms. The molecule has 0 aliphatic carbocycles. The van der Waals surface area contributed by atoms with Crippen molar-refractivity contribution in [3.05, 3.63) is 50.9 Å². The maximum atomic E-state index is 11.1.